The SMILES string of the molecule is CCCCCCCCCCC[C@H](CC(=O)N[C@H]1[C@@H](OC[C@H](NC(=O)C[C@@H](CCCCCCCCCCC)OC(=O)CCCCCCCCC)C(N)=O)O[C@H](CO)[C@@H](OP(=O)(O)O)[C@@H]1OC(=O)C[C@@H](CCCCCCCCCCC)OC(=O)CCCCCCCCC)OC(=O)CCCCC. The maximum atomic E-state index is 14.7. The molecule has 0 aromatic rings. The van der Waals surface area contributed by atoms with Crippen molar-refractivity contribution in [1.29, 1.82) is 0 Å². The molecule has 0 unspecified atom stereocenters. The number of rotatable bonds is 69. The Labute approximate surface area is 599 Å². The minimum Gasteiger partial charge on any atom is -0.462 e. The van der Waals surface area contributed by atoms with Crippen LogP contribution in [0.25, 0.3) is 0 Å². The number of esters is 4. The van der Waals surface area contributed by atoms with Gasteiger partial charge in [0.1, 0.15) is 42.6 Å². The summed E-state index contributed by atoms with van der Waals surface area (Å²) in [4.78, 5) is 118. The molecule has 0 radical (unpaired) electrons. The minimum absolute atomic E-state index is 0.133. The summed E-state index contributed by atoms with van der Waals surface area (Å²) in [5.74, 6) is -4.90. The molecule has 1 fully saturated rings. The highest BCUT2D eigenvalue weighted by atomic mass is 31.2. The first-order chi connectivity index (χ1) is 47.8. The van der Waals surface area contributed by atoms with Crippen LogP contribution < -0.4 is 16.4 Å². The molecule has 580 valence electrons. The smallest absolute Gasteiger partial charge is 0.462 e. The summed E-state index contributed by atoms with van der Waals surface area (Å²) >= 11 is 0. The number of nitrogens with two attached hydrogens (primary N) is 1. The lowest BCUT2D eigenvalue weighted by atomic mass is 9.95. The van der Waals surface area contributed by atoms with Gasteiger partial charge in [0.25, 0.3) is 0 Å². The summed E-state index contributed by atoms with van der Waals surface area (Å²) in [5, 5.41) is 16.3. The van der Waals surface area contributed by atoms with Crippen LogP contribution in [0.5, 0.6) is 0 Å². The number of primary amides is 1. The second-order valence-electron chi connectivity index (χ2n) is 28.2. The summed E-state index contributed by atoms with van der Waals surface area (Å²) in [6.07, 6.45) is 34.3. The van der Waals surface area contributed by atoms with E-state index in [2.05, 4.69) is 45.3 Å². The molecule has 1 saturated heterocycles. The molecule has 99 heavy (non-hydrogen) atoms. The lowest BCUT2D eigenvalue weighted by Gasteiger charge is -2.45. The van der Waals surface area contributed by atoms with E-state index in [1.165, 1.54) is 57.8 Å². The normalized spacial score (nSPS) is 17.5. The highest BCUT2D eigenvalue weighted by molar-refractivity contribution is 7.46. The molecule has 1 aliphatic rings. The Bertz CT molecular complexity index is 2100. The van der Waals surface area contributed by atoms with Crippen molar-refractivity contribution in [3.05, 3.63) is 0 Å². The van der Waals surface area contributed by atoms with Crippen molar-refractivity contribution in [1.82, 2.24) is 10.6 Å². The topological polar surface area (TPSA) is 312 Å². The van der Waals surface area contributed by atoms with Gasteiger partial charge in [0, 0.05) is 19.3 Å². The largest absolute Gasteiger partial charge is 0.470 e. The summed E-state index contributed by atoms with van der Waals surface area (Å²) in [5.41, 5.74) is 5.96. The van der Waals surface area contributed by atoms with Crippen molar-refractivity contribution >= 4 is 49.4 Å². The third kappa shape index (κ3) is 52.0. The van der Waals surface area contributed by atoms with Crippen LogP contribution in [0.1, 0.15) is 382 Å². The highest BCUT2D eigenvalue weighted by Crippen LogP contribution is 2.42. The van der Waals surface area contributed by atoms with Crippen LogP contribution in [-0.2, 0) is 71.1 Å². The standard InChI is InChI=1S/C77H144N3O18P/c1-7-13-19-24-29-32-37-40-46-51-62(93-70(85)55-49-43-35-27-22-16-10-4)57-67(82)79-65(76(78)88)61-92-77-73(80-68(83)58-63(94-69(84)54-45-18-12-6)52-47-41-38-33-30-25-20-14-8-2)75(74(66(60-81)96-77)98-99(89,90)91)97-72(87)59-64(53-48-42-39-34-31-26-21-15-9-3)95-71(86)56-50-44-36-28-23-17-11-5/h62-66,73-75,77,81H,7-61H2,1-6H3,(H2,78,88)(H,79,82)(H,80,83)(H2,89,90,91)/t62-,63-,64-,65+,66-,73-,74-,75-,77+/m1/s1. The van der Waals surface area contributed by atoms with Crippen molar-refractivity contribution in [2.24, 2.45) is 5.73 Å². The maximum Gasteiger partial charge on any atom is 0.470 e. The molecule has 9 atom stereocenters. The van der Waals surface area contributed by atoms with E-state index in [0.29, 0.717) is 57.8 Å². The number of aliphatic hydroxyl groups is 1. The molecule has 0 saturated carbocycles. The second kappa shape index (κ2) is 62.8. The first-order valence-electron chi connectivity index (χ1n) is 40.1. The maximum absolute atomic E-state index is 14.7. The third-order valence-corrected chi connectivity index (χ3v) is 19.3. The molecule has 21 nitrogen and oxygen atoms in total. The monoisotopic (exact) mass is 1430 g/mol. The first kappa shape index (κ1) is 93.3. The van der Waals surface area contributed by atoms with Crippen LogP contribution in [0.2, 0.25) is 0 Å². The van der Waals surface area contributed by atoms with Gasteiger partial charge in [0.2, 0.25) is 17.7 Å². The Morgan fingerprint density at radius 3 is 1.08 bits per heavy atom. The van der Waals surface area contributed by atoms with Crippen molar-refractivity contribution in [3.63, 3.8) is 0 Å². The van der Waals surface area contributed by atoms with Gasteiger partial charge in [0.15, 0.2) is 12.4 Å². The van der Waals surface area contributed by atoms with Crippen LogP contribution in [-0.4, -0.2) is 125 Å². The predicted octanol–water partition coefficient (Wildman–Crippen LogP) is 17.1. The summed E-state index contributed by atoms with van der Waals surface area (Å²) in [7, 11) is -5.54. The van der Waals surface area contributed by atoms with Gasteiger partial charge in [-0.25, -0.2) is 4.57 Å². The number of phosphoric acid groups is 1. The number of ether oxygens (including phenoxy) is 6. The Hall–Kier alpha value is -3.72. The van der Waals surface area contributed by atoms with Gasteiger partial charge < -0.3 is 59.7 Å². The van der Waals surface area contributed by atoms with E-state index < -0.39 is 130 Å². The summed E-state index contributed by atoms with van der Waals surface area (Å²) in [6.45, 7) is 11.1. The number of hydrogen-bond donors (Lipinski definition) is 6. The average molecular weight is 1430 g/mol. The number of carbonyl (C=O) groups is 7. The van der Waals surface area contributed by atoms with Crippen LogP contribution in [0, 0.1) is 0 Å². The molecule has 0 bridgehead atoms. The fourth-order valence-corrected chi connectivity index (χ4v) is 13.4. The Balaban J connectivity index is 3.81. The number of amides is 3. The molecule has 3 amide bonds. The van der Waals surface area contributed by atoms with Gasteiger partial charge in [0.05, 0.1) is 32.5 Å². The van der Waals surface area contributed by atoms with E-state index in [4.69, 9.17) is 38.7 Å². The van der Waals surface area contributed by atoms with E-state index in [1.807, 2.05) is 6.92 Å². The van der Waals surface area contributed by atoms with Gasteiger partial charge in [-0.3, -0.25) is 38.1 Å². The van der Waals surface area contributed by atoms with Crippen molar-refractivity contribution < 1.29 is 86.0 Å². The Morgan fingerprint density at radius 1 is 0.424 bits per heavy atom. The molecule has 0 aromatic carbocycles. The van der Waals surface area contributed by atoms with E-state index >= 15 is 0 Å². The molecule has 1 heterocycles. The molecule has 0 aromatic heterocycles. The van der Waals surface area contributed by atoms with E-state index in [-0.39, 0.29) is 25.7 Å². The van der Waals surface area contributed by atoms with Gasteiger partial charge in [-0.05, 0) is 57.8 Å². The van der Waals surface area contributed by atoms with E-state index in [0.717, 1.165) is 186 Å². The molecule has 0 aliphatic carbocycles. The van der Waals surface area contributed by atoms with Crippen molar-refractivity contribution in [2.75, 3.05) is 13.2 Å². The number of carbonyl (C=O) groups excluding carboxylic acids is 7. The molecular weight excluding hydrogens is 1290 g/mol. The quantitative estimate of drug-likeness (QED) is 0.0143. The number of aliphatic hydroxyl groups excluding tert-OH is 1. The van der Waals surface area contributed by atoms with Crippen LogP contribution in [0.3, 0.4) is 0 Å². The molecule has 1 aliphatic heterocycles. The van der Waals surface area contributed by atoms with Crippen molar-refractivity contribution in [2.45, 2.75) is 437 Å². The number of phosphoric ester groups is 1. The predicted molar refractivity (Wildman–Crippen MR) is 390 cm³/mol. The van der Waals surface area contributed by atoms with E-state index in [9.17, 15) is 53.0 Å². The lowest BCUT2D eigenvalue weighted by Crippen LogP contribution is -2.67. The fourth-order valence-electron chi connectivity index (χ4n) is 12.8. The number of nitrogens with one attached hydrogen (secondary N) is 2. The van der Waals surface area contributed by atoms with E-state index in [1.54, 1.807) is 0 Å². The Kier molecular flexibility index (Phi) is 59.2. The molecule has 1 rings (SSSR count). The zero-order valence-electron chi connectivity index (χ0n) is 63.1. The average Bonchev–Trinajstić information content (AvgIpc) is 0.781. The zero-order chi connectivity index (χ0) is 73.0. The number of unbranched alkanes of at least 4 members (excludes halogenated alkanes) is 38. The highest BCUT2D eigenvalue weighted by Gasteiger charge is 2.52. The van der Waals surface area contributed by atoms with Gasteiger partial charge >= 0.3 is 31.7 Å². The minimum atomic E-state index is -5.54. The fraction of sp³-hybridized carbons (Fsp3) is 0.909. The first-order valence-corrected chi connectivity index (χ1v) is 41.6. The number of hydrogen-bond acceptors (Lipinski definition) is 16. The van der Waals surface area contributed by atoms with Crippen LogP contribution in [0.4, 0.5) is 0 Å². The van der Waals surface area contributed by atoms with Crippen molar-refractivity contribution in [3.8, 4) is 0 Å². The summed E-state index contributed by atoms with van der Waals surface area (Å²) in [6, 6.07) is -3.33. The molecular formula is C77H144N3O18P. The molecule has 0 spiro atoms. The van der Waals surface area contributed by atoms with Gasteiger partial charge in [-0.1, -0.05) is 286 Å². The Morgan fingerprint density at radius 2 is 0.737 bits per heavy atom. The zero-order valence-corrected chi connectivity index (χ0v) is 64.0. The molecule has 22 heteroatoms. The summed E-state index contributed by atoms with van der Waals surface area (Å²) < 4.78 is 54.8. The second-order valence-corrected chi connectivity index (χ2v) is 29.4. The van der Waals surface area contributed by atoms with Gasteiger partial charge in [-0.2, -0.15) is 0 Å². The van der Waals surface area contributed by atoms with Crippen LogP contribution >= 0.6 is 7.82 Å². The molecule has 7 N–H and O–H groups in total. The van der Waals surface area contributed by atoms with Gasteiger partial charge in [-0.15, -0.1) is 0 Å². The van der Waals surface area contributed by atoms with Crippen LogP contribution in [0.15, 0.2) is 0 Å². The third-order valence-electron chi connectivity index (χ3n) is 18.7. The lowest BCUT2D eigenvalue weighted by molar-refractivity contribution is -0.272.